The van der Waals surface area contributed by atoms with E-state index in [0.717, 1.165) is 11.0 Å². The van der Waals surface area contributed by atoms with Crippen molar-refractivity contribution < 1.29 is 0 Å². The van der Waals surface area contributed by atoms with Crippen molar-refractivity contribution in [2.45, 2.75) is 18.5 Å². The van der Waals surface area contributed by atoms with Gasteiger partial charge in [0.1, 0.15) is 0 Å². The summed E-state index contributed by atoms with van der Waals surface area (Å²) in [4.78, 5) is 0. The van der Waals surface area contributed by atoms with Gasteiger partial charge in [0.2, 0.25) is 0 Å². The maximum Gasteiger partial charge on any atom is 0.0835 e. The van der Waals surface area contributed by atoms with Crippen LogP contribution in [0, 0.1) is 24.7 Å². The topological polar surface area (TPSA) is 9.86 Å². The third-order valence-corrected chi connectivity index (χ3v) is 7.86. The van der Waals surface area contributed by atoms with Gasteiger partial charge in [-0.05, 0) is 45.5 Å². The van der Waals surface area contributed by atoms with Crippen molar-refractivity contribution in [3.63, 3.8) is 0 Å². The number of hydrogen-bond acceptors (Lipinski definition) is 0. The first-order valence-electron chi connectivity index (χ1n) is 12.5. The molecule has 2 aromatic heterocycles. The highest BCUT2D eigenvalue weighted by molar-refractivity contribution is 5.98. The predicted octanol–water partition coefficient (Wildman–Crippen LogP) is 7.23. The van der Waals surface area contributed by atoms with Gasteiger partial charge in [-0.2, -0.15) is 0 Å². The van der Waals surface area contributed by atoms with E-state index in [4.69, 9.17) is 12.8 Å². The van der Waals surface area contributed by atoms with Crippen LogP contribution in [0.1, 0.15) is 22.3 Å². The molecule has 0 saturated heterocycles. The summed E-state index contributed by atoms with van der Waals surface area (Å²) in [5.74, 6) is 5.72. The molecule has 0 bridgehead atoms. The van der Waals surface area contributed by atoms with E-state index in [1.165, 1.54) is 44.2 Å². The lowest BCUT2D eigenvalue weighted by molar-refractivity contribution is 0.758. The van der Waals surface area contributed by atoms with Gasteiger partial charge in [-0.25, -0.2) is 0 Å². The molecule has 2 heteroatoms. The van der Waals surface area contributed by atoms with Crippen molar-refractivity contribution in [2.75, 3.05) is 0 Å². The zero-order chi connectivity index (χ0) is 25.0. The zero-order valence-corrected chi connectivity index (χ0v) is 20.4. The normalized spacial score (nSPS) is 13.2. The second-order valence-corrected chi connectivity index (χ2v) is 9.63. The zero-order valence-electron chi connectivity index (χ0n) is 20.4. The molecule has 1 aliphatic carbocycles. The molecule has 2 nitrogen and oxygen atoms in total. The molecule has 7 rings (SSSR count). The maximum absolute atomic E-state index is 5.83. The highest BCUT2D eigenvalue weighted by Gasteiger charge is 2.48. The lowest BCUT2D eigenvalue weighted by Crippen LogP contribution is -2.28. The number of benzene rings is 4. The fourth-order valence-corrected chi connectivity index (χ4v) is 6.51. The Kier molecular flexibility index (Phi) is 4.65. The van der Waals surface area contributed by atoms with Gasteiger partial charge in [-0.1, -0.05) is 96.8 Å². The standard InChI is InChI=1S/C35H24N2/c1-3-21-36-23-31(27-15-7-11-19-33(27)36)35(32-24-37(22-4-2)34-20-12-8-16-28(32)34)29-17-9-5-13-25(29)26-14-6-10-18-30(26)35/h1-2,5-20,23-24H,21-22H2. The fourth-order valence-electron chi connectivity index (χ4n) is 6.51. The van der Waals surface area contributed by atoms with Crippen molar-refractivity contribution in [3.05, 3.63) is 132 Å². The number of fused-ring (bicyclic) bond motifs is 5. The van der Waals surface area contributed by atoms with Crippen LogP contribution in [0.2, 0.25) is 0 Å². The van der Waals surface area contributed by atoms with Crippen molar-refractivity contribution in [1.29, 1.82) is 0 Å². The Morgan fingerprint density at radius 1 is 0.514 bits per heavy atom. The highest BCUT2D eigenvalue weighted by Crippen LogP contribution is 2.58. The second-order valence-electron chi connectivity index (χ2n) is 9.63. The van der Waals surface area contributed by atoms with E-state index in [2.05, 4.69) is 130 Å². The first kappa shape index (κ1) is 21.4. The Balaban J connectivity index is 1.72. The van der Waals surface area contributed by atoms with Crippen molar-refractivity contribution in [3.8, 4) is 35.8 Å². The van der Waals surface area contributed by atoms with E-state index >= 15 is 0 Å². The van der Waals surface area contributed by atoms with Crippen molar-refractivity contribution in [2.24, 2.45) is 0 Å². The summed E-state index contributed by atoms with van der Waals surface area (Å²) < 4.78 is 4.41. The number of aromatic nitrogens is 2. The number of nitrogens with zero attached hydrogens (tertiary/aromatic N) is 2. The fraction of sp³-hybridized carbons (Fsp3) is 0.0857. The summed E-state index contributed by atoms with van der Waals surface area (Å²) in [5, 5.41) is 2.41. The molecule has 174 valence electrons. The molecule has 6 aromatic rings. The summed E-state index contributed by atoms with van der Waals surface area (Å²) in [6, 6.07) is 34.8. The molecule has 37 heavy (non-hydrogen) atoms. The van der Waals surface area contributed by atoms with Gasteiger partial charge in [0, 0.05) is 34.2 Å². The first-order valence-corrected chi connectivity index (χ1v) is 12.5. The molecule has 1 aliphatic rings. The quantitative estimate of drug-likeness (QED) is 0.239. The average molecular weight is 473 g/mol. The molecule has 0 amide bonds. The predicted molar refractivity (Wildman–Crippen MR) is 152 cm³/mol. The van der Waals surface area contributed by atoms with Crippen LogP contribution in [0.25, 0.3) is 32.9 Å². The van der Waals surface area contributed by atoms with Gasteiger partial charge in [-0.15, -0.1) is 12.8 Å². The lowest BCUT2D eigenvalue weighted by Gasteiger charge is -2.32. The van der Waals surface area contributed by atoms with E-state index in [-0.39, 0.29) is 0 Å². The van der Waals surface area contributed by atoms with Crippen molar-refractivity contribution in [1.82, 2.24) is 9.13 Å². The summed E-state index contributed by atoms with van der Waals surface area (Å²) in [6.45, 7) is 1.03. The summed E-state index contributed by atoms with van der Waals surface area (Å²) in [5.41, 5.74) is 9.31. The maximum atomic E-state index is 5.83. The molecule has 0 spiro atoms. The smallest absolute Gasteiger partial charge is 0.0835 e. The van der Waals surface area contributed by atoms with Crippen LogP contribution >= 0.6 is 0 Å². The highest BCUT2D eigenvalue weighted by atomic mass is 15.0. The Morgan fingerprint density at radius 2 is 0.919 bits per heavy atom. The SMILES string of the molecule is C#CCn1cc(C2(c3cn(CC#C)c4ccccc34)c3ccccc3-c3ccccc32)c2ccccc21. The average Bonchev–Trinajstić information content (AvgIpc) is 3.59. The van der Waals surface area contributed by atoms with Gasteiger partial charge in [-0.3, -0.25) is 0 Å². The first-order chi connectivity index (χ1) is 18.3. The van der Waals surface area contributed by atoms with E-state index in [9.17, 15) is 0 Å². The Hall–Kier alpha value is -4.92. The number of hydrogen-bond donors (Lipinski definition) is 0. The van der Waals surface area contributed by atoms with Crippen LogP contribution in [-0.4, -0.2) is 9.13 Å². The minimum Gasteiger partial charge on any atom is -0.335 e. The molecule has 0 radical (unpaired) electrons. The monoisotopic (exact) mass is 472 g/mol. The minimum absolute atomic E-state index is 0.513. The molecule has 0 N–H and O–H groups in total. The number of rotatable bonds is 4. The van der Waals surface area contributed by atoms with Gasteiger partial charge in [0.05, 0.1) is 18.5 Å². The number of para-hydroxylation sites is 2. The van der Waals surface area contributed by atoms with E-state index in [1.807, 2.05) is 0 Å². The van der Waals surface area contributed by atoms with Crippen LogP contribution in [0.3, 0.4) is 0 Å². The van der Waals surface area contributed by atoms with Crippen LogP contribution in [0.5, 0.6) is 0 Å². The van der Waals surface area contributed by atoms with Gasteiger partial charge < -0.3 is 9.13 Å². The molecule has 0 unspecified atom stereocenters. The Morgan fingerprint density at radius 3 is 1.38 bits per heavy atom. The molecule has 0 atom stereocenters. The van der Waals surface area contributed by atoms with Gasteiger partial charge >= 0.3 is 0 Å². The van der Waals surface area contributed by atoms with E-state index in [0.29, 0.717) is 13.1 Å². The molecule has 0 fully saturated rings. The minimum atomic E-state index is -0.536. The Bertz CT molecular complexity index is 1770. The van der Waals surface area contributed by atoms with Gasteiger partial charge in [0.15, 0.2) is 0 Å². The molecular weight excluding hydrogens is 448 g/mol. The third kappa shape index (κ3) is 2.79. The van der Waals surface area contributed by atoms with Crippen LogP contribution in [0.15, 0.2) is 109 Å². The molecular formula is C35H24N2. The van der Waals surface area contributed by atoms with Crippen molar-refractivity contribution >= 4 is 21.8 Å². The molecule has 0 aliphatic heterocycles. The molecule has 2 heterocycles. The van der Waals surface area contributed by atoms with Crippen LogP contribution in [0.4, 0.5) is 0 Å². The van der Waals surface area contributed by atoms with E-state index < -0.39 is 5.41 Å². The summed E-state index contributed by atoms with van der Waals surface area (Å²) >= 11 is 0. The molecule has 0 saturated carbocycles. The second kappa shape index (κ2) is 8.06. The van der Waals surface area contributed by atoms with Gasteiger partial charge in [0.25, 0.3) is 0 Å². The third-order valence-electron chi connectivity index (χ3n) is 7.86. The van der Waals surface area contributed by atoms with E-state index in [1.54, 1.807) is 0 Å². The summed E-state index contributed by atoms with van der Waals surface area (Å²) in [6.07, 6.45) is 16.2. The Labute approximate surface area is 216 Å². The summed E-state index contributed by atoms with van der Waals surface area (Å²) in [7, 11) is 0. The lowest BCUT2D eigenvalue weighted by atomic mass is 9.67. The molecule has 4 aromatic carbocycles. The largest absolute Gasteiger partial charge is 0.335 e. The number of terminal acetylenes is 2. The van der Waals surface area contributed by atoms with Crippen LogP contribution < -0.4 is 0 Å². The van der Waals surface area contributed by atoms with Crippen LogP contribution in [-0.2, 0) is 18.5 Å².